The van der Waals surface area contributed by atoms with Crippen LogP contribution in [0.1, 0.15) is 18.1 Å². The van der Waals surface area contributed by atoms with E-state index in [4.69, 9.17) is 0 Å². The summed E-state index contributed by atoms with van der Waals surface area (Å²) in [6, 6.07) is 8.10. The molecule has 0 unspecified atom stereocenters. The third-order valence-corrected chi connectivity index (χ3v) is 3.52. The zero-order valence-electron chi connectivity index (χ0n) is 12.8. The van der Waals surface area contributed by atoms with E-state index >= 15 is 0 Å². The van der Waals surface area contributed by atoms with Crippen LogP contribution in [0.15, 0.2) is 29.3 Å². The molecule has 118 valence electrons. The van der Waals surface area contributed by atoms with Crippen LogP contribution in [0, 0.1) is 6.92 Å². The van der Waals surface area contributed by atoms with Crippen molar-refractivity contribution >= 4 is 16.0 Å². The van der Waals surface area contributed by atoms with Gasteiger partial charge in [-0.05, 0) is 25.0 Å². The molecule has 21 heavy (non-hydrogen) atoms. The molecule has 6 nitrogen and oxygen atoms in total. The number of guanidine groups is 1. The first-order valence-electron chi connectivity index (χ1n) is 6.93. The van der Waals surface area contributed by atoms with E-state index in [9.17, 15) is 8.42 Å². The number of aryl methyl sites for hydroxylation is 1. The Morgan fingerprint density at radius 2 is 1.90 bits per heavy atom. The van der Waals surface area contributed by atoms with E-state index in [1.807, 2.05) is 25.1 Å². The van der Waals surface area contributed by atoms with Crippen molar-refractivity contribution < 1.29 is 8.42 Å². The molecule has 0 aliphatic carbocycles. The fourth-order valence-electron chi connectivity index (χ4n) is 1.71. The summed E-state index contributed by atoms with van der Waals surface area (Å²) in [6.07, 6.45) is 1.14. The number of hydrogen-bond donors (Lipinski definition) is 3. The molecule has 1 aromatic rings. The molecule has 3 N–H and O–H groups in total. The van der Waals surface area contributed by atoms with Gasteiger partial charge in [0.2, 0.25) is 10.0 Å². The van der Waals surface area contributed by atoms with Crippen molar-refractivity contribution in [1.82, 2.24) is 15.4 Å². The summed E-state index contributed by atoms with van der Waals surface area (Å²) in [5.74, 6) is 0.677. The second-order valence-electron chi connectivity index (χ2n) is 4.71. The minimum Gasteiger partial charge on any atom is -0.357 e. The van der Waals surface area contributed by atoms with Crippen molar-refractivity contribution in [2.45, 2.75) is 20.4 Å². The van der Waals surface area contributed by atoms with Crippen LogP contribution >= 0.6 is 0 Å². The van der Waals surface area contributed by atoms with E-state index in [0.717, 1.165) is 12.8 Å². The highest BCUT2D eigenvalue weighted by Gasteiger charge is 2.01. The predicted molar refractivity (Wildman–Crippen MR) is 86.8 cm³/mol. The molecule has 0 saturated heterocycles. The molecular weight excluding hydrogens is 288 g/mol. The Kier molecular flexibility index (Phi) is 7.18. The fraction of sp³-hybridized carbons (Fsp3) is 0.500. The molecule has 1 aromatic carbocycles. The minimum atomic E-state index is -3.15. The van der Waals surface area contributed by atoms with Crippen molar-refractivity contribution in [3.63, 3.8) is 0 Å². The molecule has 0 bridgehead atoms. The fourth-order valence-corrected chi connectivity index (χ4v) is 2.18. The van der Waals surface area contributed by atoms with Crippen molar-refractivity contribution in [2.24, 2.45) is 4.99 Å². The van der Waals surface area contributed by atoms with Gasteiger partial charge in [0.25, 0.3) is 0 Å². The van der Waals surface area contributed by atoms with Gasteiger partial charge in [-0.3, -0.25) is 0 Å². The number of nitrogens with one attached hydrogen (secondary N) is 3. The number of benzene rings is 1. The first kappa shape index (κ1) is 17.5. The molecule has 0 atom stereocenters. The summed E-state index contributed by atoms with van der Waals surface area (Å²) in [4.78, 5) is 4.50. The van der Waals surface area contributed by atoms with Crippen LogP contribution < -0.4 is 15.4 Å². The maximum absolute atomic E-state index is 11.0. The van der Waals surface area contributed by atoms with Gasteiger partial charge in [0.05, 0.1) is 12.8 Å². The third-order valence-electron chi connectivity index (χ3n) is 2.79. The summed E-state index contributed by atoms with van der Waals surface area (Å²) in [6.45, 7) is 6.18. The van der Waals surface area contributed by atoms with Gasteiger partial charge in [-0.1, -0.05) is 24.3 Å². The predicted octanol–water partition coefficient (Wildman–Crippen LogP) is 0.599. The number of sulfonamides is 1. The van der Waals surface area contributed by atoms with Gasteiger partial charge in [-0.2, -0.15) is 0 Å². The second-order valence-corrected chi connectivity index (χ2v) is 6.55. The summed E-state index contributed by atoms with van der Waals surface area (Å²) < 4.78 is 24.4. The molecule has 0 aliphatic rings. The summed E-state index contributed by atoms with van der Waals surface area (Å²) >= 11 is 0. The zero-order chi connectivity index (χ0) is 15.7. The van der Waals surface area contributed by atoms with Gasteiger partial charge >= 0.3 is 0 Å². The standard InChI is InChI=1S/C14H24N4O2S/c1-4-15-14(16-9-10-18-21(3,19)20)17-11-13-8-6-5-7-12(13)2/h5-8,18H,4,9-11H2,1-3H3,(H2,15,16,17). The highest BCUT2D eigenvalue weighted by molar-refractivity contribution is 7.88. The number of rotatable bonds is 7. The van der Waals surface area contributed by atoms with Crippen LogP contribution in [-0.4, -0.2) is 40.3 Å². The third kappa shape index (κ3) is 7.67. The Labute approximate surface area is 127 Å². The highest BCUT2D eigenvalue weighted by Crippen LogP contribution is 2.07. The van der Waals surface area contributed by atoms with Gasteiger partial charge in [0.1, 0.15) is 0 Å². The molecule has 0 saturated carbocycles. The lowest BCUT2D eigenvalue weighted by molar-refractivity contribution is 0.586. The number of aliphatic imine (C=N–C) groups is 1. The van der Waals surface area contributed by atoms with Gasteiger partial charge in [-0.25, -0.2) is 18.1 Å². The van der Waals surface area contributed by atoms with Crippen LogP contribution in [-0.2, 0) is 16.6 Å². The zero-order valence-corrected chi connectivity index (χ0v) is 13.6. The van der Waals surface area contributed by atoms with Crippen molar-refractivity contribution in [1.29, 1.82) is 0 Å². The summed E-state index contributed by atoms with van der Waals surface area (Å²) in [7, 11) is -3.15. The Morgan fingerprint density at radius 1 is 1.19 bits per heavy atom. The lowest BCUT2D eigenvalue weighted by atomic mass is 10.1. The lowest BCUT2D eigenvalue weighted by Gasteiger charge is -2.11. The summed E-state index contributed by atoms with van der Waals surface area (Å²) in [5, 5.41) is 6.23. The quantitative estimate of drug-likeness (QED) is 0.391. The minimum absolute atomic E-state index is 0.327. The maximum atomic E-state index is 11.0. The van der Waals surface area contributed by atoms with Crippen LogP contribution in [0.3, 0.4) is 0 Å². The molecule has 1 rings (SSSR count). The SMILES string of the molecule is CCNC(=NCc1ccccc1C)NCCNS(C)(=O)=O. The van der Waals surface area contributed by atoms with Gasteiger partial charge < -0.3 is 10.6 Å². The van der Waals surface area contributed by atoms with Crippen LogP contribution in [0.5, 0.6) is 0 Å². The first-order valence-corrected chi connectivity index (χ1v) is 8.83. The Bertz CT molecular complexity index is 570. The monoisotopic (exact) mass is 312 g/mol. The average Bonchev–Trinajstić information content (AvgIpc) is 2.41. The highest BCUT2D eigenvalue weighted by atomic mass is 32.2. The van der Waals surface area contributed by atoms with Crippen molar-refractivity contribution in [2.75, 3.05) is 25.9 Å². The van der Waals surface area contributed by atoms with Gasteiger partial charge in [0.15, 0.2) is 5.96 Å². The number of hydrogen-bond acceptors (Lipinski definition) is 3. The normalized spacial score (nSPS) is 12.2. The molecule has 0 aromatic heterocycles. The van der Waals surface area contributed by atoms with Crippen LogP contribution in [0.25, 0.3) is 0 Å². The first-order chi connectivity index (χ1) is 9.92. The molecule has 0 fully saturated rings. The molecule has 0 spiro atoms. The second kappa shape index (κ2) is 8.63. The smallest absolute Gasteiger partial charge is 0.208 e. The Balaban J connectivity index is 2.52. The molecule has 0 amide bonds. The van der Waals surface area contributed by atoms with E-state index in [2.05, 4.69) is 33.3 Å². The largest absolute Gasteiger partial charge is 0.357 e. The van der Waals surface area contributed by atoms with Crippen LogP contribution in [0.4, 0.5) is 0 Å². The van der Waals surface area contributed by atoms with Gasteiger partial charge in [-0.15, -0.1) is 0 Å². The molecule has 7 heteroatoms. The topological polar surface area (TPSA) is 82.6 Å². The van der Waals surface area contributed by atoms with E-state index in [1.54, 1.807) is 0 Å². The van der Waals surface area contributed by atoms with Gasteiger partial charge in [0, 0.05) is 19.6 Å². The van der Waals surface area contributed by atoms with E-state index in [-0.39, 0.29) is 0 Å². The van der Waals surface area contributed by atoms with Crippen LogP contribution in [0.2, 0.25) is 0 Å². The Morgan fingerprint density at radius 3 is 2.52 bits per heavy atom. The average molecular weight is 312 g/mol. The molecule has 0 heterocycles. The van der Waals surface area contributed by atoms with Crippen molar-refractivity contribution in [3.05, 3.63) is 35.4 Å². The summed E-state index contributed by atoms with van der Waals surface area (Å²) in [5.41, 5.74) is 2.37. The maximum Gasteiger partial charge on any atom is 0.208 e. The lowest BCUT2D eigenvalue weighted by Crippen LogP contribution is -2.41. The Hall–Kier alpha value is -1.60. The number of nitrogens with zero attached hydrogens (tertiary/aromatic N) is 1. The molecule has 0 aliphatic heterocycles. The van der Waals surface area contributed by atoms with E-state index in [0.29, 0.717) is 25.6 Å². The molecular formula is C14H24N4O2S. The van der Waals surface area contributed by atoms with E-state index in [1.165, 1.54) is 11.1 Å². The van der Waals surface area contributed by atoms with E-state index < -0.39 is 10.0 Å². The van der Waals surface area contributed by atoms with Crippen molar-refractivity contribution in [3.8, 4) is 0 Å². The molecule has 0 radical (unpaired) electrons.